The van der Waals surface area contributed by atoms with E-state index >= 15 is 0 Å². The number of para-hydroxylation sites is 1. The third-order valence-corrected chi connectivity index (χ3v) is 5.23. The van der Waals surface area contributed by atoms with E-state index in [2.05, 4.69) is 47.7 Å². The molecule has 0 unspecified atom stereocenters. The van der Waals surface area contributed by atoms with E-state index < -0.39 is 0 Å². The van der Waals surface area contributed by atoms with Crippen LogP contribution in [-0.2, 0) is 13.0 Å². The molecule has 28 heavy (non-hydrogen) atoms. The van der Waals surface area contributed by atoms with Gasteiger partial charge in [0.25, 0.3) is 5.91 Å². The minimum atomic E-state index is -0.186. The Balaban J connectivity index is 1.59. The van der Waals surface area contributed by atoms with Crippen molar-refractivity contribution in [2.24, 2.45) is 0 Å². The molecule has 0 atom stereocenters. The molecule has 1 aromatic heterocycles. The zero-order chi connectivity index (χ0) is 19.9. The number of anilines is 2. The van der Waals surface area contributed by atoms with Crippen LogP contribution in [0.4, 0.5) is 10.8 Å². The standard InChI is InChI=1S/C22H25N3O2S/c1-15(2)19-5-3-4-6-20(19)23-13-16-7-9-17(10-8-16)21(27)25-22-24-18(11-12-26)14-28-22/h3-10,14-15,23,26H,11-13H2,1-2H3,(H,24,25,27). The summed E-state index contributed by atoms with van der Waals surface area (Å²) in [6.45, 7) is 5.11. The van der Waals surface area contributed by atoms with E-state index in [0.29, 0.717) is 29.6 Å². The summed E-state index contributed by atoms with van der Waals surface area (Å²) in [6.07, 6.45) is 0.494. The van der Waals surface area contributed by atoms with Gasteiger partial charge in [-0.25, -0.2) is 4.98 Å². The van der Waals surface area contributed by atoms with Gasteiger partial charge < -0.3 is 10.4 Å². The Bertz CT molecular complexity index is 920. The maximum Gasteiger partial charge on any atom is 0.257 e. The Morgan fingerprint density at radius 1 is 1.14 bits per heavy atom. The van der Waals surface area contributed by atoms with Gasteiger partial charge in [0.1, 0.15) is 0 Å². The van der Waals surface area contributed by atoms with Crippen molar-refractivity contribution in [3.8, 4) is 0 Å². The van der Waals surface area contributed by atoms with Gasteiger partial charge in [-0.05, 0) is 35.2 Å². The van der Waals surface area contributed by atoms with E-state index in [4.69, 9.17) is 5.11 Å². The number of nitrogens with one attached hydrogen (secondary N) is 2. The van der Waals surface area contributed by atoms with Crippen LogP contribution in [0.5, 0.6) is 0 Å². The average molecular weight is 396 g/mol. The Morgan fingerprint density at radius 3 is 2.61 bits per heavy atom. The largest absolute Gasteiger partial charge is 0.396 e. The molecule has 0 aliphatic rings. The summed E-state index contributed by atoms with van der Waals surface area (Å²) in [4.78, 5) is 16.7. The van der Waals surface area contributed by atoms with Crippen LogP contribution < -0.4 is 10.6 Å². The molecule has 5 nitrogen and oxygen atoms in total. The lowest BCUT2D eigenvalue weighted by Gasteiger charge is -2.14. The van der Waals surface area contributed by atoms with Gasteiger partial charge in [-0.15, -0.1) is 11.3 Å². The van der Waals surface area contributed by atoms with Crippen LogP contribution in [0.1, 0.15) is 46.9 Å². The number of benzene rings is 2. The summed E-state index contributed by atoms with van der Waals surface area (Å²) in [7, 11) is 0. The fourth-order valence-electron chi connectivity index (χ4n) is 2.90. The number of hydrogen-bond acceptors (Lipinski definition) is 5. The first-order valence-electron chi connectivity index (χ1n) is 9.35. The van der Waals surface area contributed by atoms with Gasteiger partial charge in [-0.2, -0.15) is 0 Å². The number of hydrogen-bond donors (Lipinski definition) is 3. The van der Waals surface area contributed by atoms with E-state index in [0.717, 1.165) is 16.9 Å². The summed E-state index contributed by atoms with van der Waals surface area (Å²) in [5.74, 6) is 0.271. The average Bonchev–Trinajstić information content (AvgIpc) is 3.14. The second kappa shape index (κ2) is 9.48. The first-order valence-corrected chi connectivity index (χ1v) is 10.2. The Morgan fingerprint density at radius 2 is 1.89 bits per heavy atom. The number of carbonyl (C=O) groups is 1. The molecule has 3 aromatic rings. The molecule has 1 amide bonds. The van der Waals surface area contributed by atoms with Crippen LogP contribution in [0.2, 0.25) is 0 Å². The smallest absolute Gasteiger partial charge is 0.257 e. The molecule has 146 valence electrons. The number of thiazole rings is 1. The van der Waals surface area contributed by atoms with Crippen molar-refractivity contribution in [3.05, 3.63) is 76.3 Å². The van der Waals surface area contributed by atoms with Crippen molar-refractivity contribution >= 4 is 28.1 Å². The summed E-state index contributed by atoms with van der Waals surface area (Å²) >= 11 is 1.36. The summed E-state index contributed by atoms with van der Waals surface area (Å²) in [5.41, 5.74) is 4.91. The molecule has 1 heterocycles. The molecule has 0 saturated carbocycles. The molecule has 0 spiro atoms. The van der Waals surface area contributed by atoms with Gasteiger partial charge in [-0.1, -0.05) is 44.2 Å². The molecular formula is C22H25N3O2S. The SMILES string of the molecule is CC(C)c1ccccc1NCc1ccc(C(=O)Nc2nc(CCO)cs2)cc1. The van der Waals surface area contributed by atoms with Gasteiger partial charge in [0.15, 0.2) is 5.13 Å². The highest BCUT2D eigenvalue weighted by Crippen LogP contribution is 2.24. The van der Waals surface area contributed by atoms with E-state index in [1.807, 2.05) is 35.7 Å². The number of carbonyl (C=O) groups excluding carboxylic acids is 1. The molecule has 3 rings (SSSR count). The predicted molar refractivity (Wildman–Crippen MR) is 115 cm³/mol. The molecule has 3 N–H and O–H groups in total. The highest BCUT2D eigenvalue weighted by Gasteiger charge is 2.10. The van der Waals surface area contributed by atoms with E-state index in [9.17, 15) is 4.79 Å². The molecular weight excluding hydrogens is 370 g/mol. The minimum Gasteiger partial charge on any atom is -0.396 e. The number of nitrogens with zero attached hydrogens (tertiary/aromatic N) is 1. The van der Waals surface area contributed by atoms with Crippen LogP contribution in [0.3, 0.4) is 0 Å². The molecule has 0 aliphatic heterocycles. The summed E-state index contributed by atoms with van der Waals surface area (Å²) in [6, 6.07) is 15.9. The van der Waals surface area contributed by atoms with E-state index in [-0.39, 0.29) is 12.5 Å². The summed E-state index contributed by atoms with van der Waals surface area (Å²) < 4.78 is 0. The van der Waals surface area contributed by atoms with Crippen molar-refractivity contribution in [1.82, 2.24) is 4.98 Å². The highest BCUT2D eigenvalue weighted by atomic mass is 32.1. The molecule has 0 radical (unpaired) electrons. The van der Waals surface area contributed by atoms with Gasteiger partial charge in [-0.3, -0.25) is 10.1 Å². The second-order valence-corrected chi connectivity index (χ2v) is 7.72. The number of aliphatic hydroxyl groups excluding tert-OH is 1. The Labute approximate surface area is 169 Å². The maximum absolute atomic E-state index is 12.4. The molecule has 2 aromatic carbocycles. The normalized spacial score (nSPS) is 10.9. The fourth-order valence-corrected chi connectivity index (χ4v) is 3.64. The first kappa shape index (κ1) is 20.0. The second-order valence-electron chi connectivity index (χ2n) is 6.86. The third kappa shape index (κ3) is 5.18. The van der Waals surface area contributed by atoms with E-state index in [1.54, 1.807) is 0 Å². The molecule has 6 heteroatoms. The lowest BCUT2D eigenvalue weighted by Crippen LogP contribution is -2.12. The molecule has 0 saturated heterocycles. The zero-order valence-corrected chi connectivity index (χ0v) is 16.9. The van der Waals surface area contributed by atoms with Crippen molar-refractivity contribution in [2.75, 3.05) is 17.2 Å². The number of aromatic nitrogens is 1. The maximum atomic E-state index is 12.4. The van der Waals surface area contributed by atoms with Crippen LogP contribution in [0, 0.1) is 0 Å². The van der Waals surface area contributed by atoms with Crippen LogP contribution in [0.15, 0.2) is 53.9 Å². The number of amides is 1. The molecule has 0 aliphatic carbocycles. The monoisotopic (exact) mass is 395 g/mol. The predicted octanol–water partition coefficient (Wildman–Crippen LogP) is 4.67. The lowest BCUT2D eigenvalue weighted by molar-refractivity contribution is 0.102. The van der Waals surface area contributed by atoms with Crippen LogP contribution >= 0.6 is 11.3 Å². The quantitative estimate of drug-likeness (QED) is 0.518. The third-order valence-electron chi connectivity index (χ3n) is 4.42. The first-order chi connectivity index (χ1) is 13.6. The van der Waals surface area contributed by atoms with Crippen LogP contribution in [0.25, 0.3) is 0 Å². The highest BCUT2D eigenvalue weighted by molar-refractivity contribution is 7.14. The fraction of sp³-hybridized carbons (Fsp3) is 0.273. The Hall–Kier alpha value is -2.70. The van der Waals surface area contributed by atoms with Crippen molar-refractivity contribution in [1.29, 1.82) is 0 Å². The number of rotatable bonds is 8. The van der Waals surface area contributed by atoms with Gasteiger partial charge >= 0.3 is 0 Å². The van der Waals surface area contributed by atoms with Gasteiger partial charge in [0.2, 0.25) is 0 Å². The molecule has 0 fully saturated rings. The Kier molecular flexibility index (Phi) is 6.79. The van der Waals surface area contributed by atoms with Crippen molar-refractivity contribution < 1.29 is 9.90 Å². The van der Waals surface area contributed by atoms with Gasteiger partial charge in [0.05, 0.1) is 5.69 Å². The zero-order valence-electron chi connectivity index (χ0n) is 16.1. The lowest BCUT2D eigenvalue weighted by atomic mass is 10.0. The van der Waals surface area contributed by atoms with Crippen molar-refractivity contribution in [3.63, 3.8) is 0 Å². The topological polar surface area (TPSA) is 74.2 Å². The van der Waals surface area contributed by atoms with Gasteiger partial charge in [0, 0.05) is 36.2 Å². The molecule has 0 bridgehead atoms. The number of aliphatic hydroxyl groups is 1. The van der Waals surface area contributed by atoms with Crippen LogP contribution in [-0.4, -0.2) is 22.6 Å². The summed E-state index contributed by atoms with van der Waals surface area (Å²) in [5, 5.41) is 17.6. The minimum absolute atomic E-state index is 0.0499. The van der Waals surface area contributed by atoms with Crippen molar-refractivity contribution in [2.45, 2.75) is 32.7 Å². The van der Waals surface area contributed by atoms with E-state index in [1.165, 1.54) is 16.9 Å².